The van der Waals surface area contributed by atoms with Gasteiger partial charge in [-0.15, -0.1) is 11.3 Å². The average Bonchev–Trinajstić information content (AvgIpc) is 3.17. The Kier molecular flexibility index (Phi) is 6.05. The van der Waals surface area contributed by atoms with Crippen LogP contribution in [0.5, 0.6) is 5.75 Å². The van der Waals surface area contributed by atoms with Crippen LogP contribution in [0.2, 0.25) is 10.0 Å². The second-order valence-electron chi connectivity index (χ2n) is 7.96. The quantitative estimate of drug-likeness (QED) is 0.364. The Morgan fingerprint density at radius 2 is 1.97 bits per heavy atom. The molecule has 170 valence electrons. The summed E-state index contributed by atoms with van der Waals surface area (Å²) in [6, 6.07) is 11.6. The molecule has 0 radical (unpaired) electrons. The number of hydrogen-bond acceptors (Lipinski definition) is 6. The predicted octanol–water partition coefficient (Wildman–Crippen LogP) is 5.51. The Morgan fingerprint density at radius 3 is 2.70 bits per heavy atom. The number of rotatable bonds is 4. The third kappa shape index (κ3) is 4.34. The number of carbonyl (C=O) groups is 2. The minimum atomic E-state index is -0.566. The molecule has 3 aromatic rings. The topological polar surface area (TPSA) is 70.7 Å². The Balaban J connectivity index is 1.31. The molecule has 2 aliphatic heterocycles. The molecule has 0 saturated heterocycles. The van der Waals surface area contributed by atoms with E-state index in [1.54, 1.807) is 29.5 Å². The number of esters is 1. The smallest absolute Gasteiger partial charge is 0.345 e. The zero-order valence-electron chi connectivity index (χ0n) is 17.8. The molecule has 1 atom stereocenters. The fourth-order valence-corrected chi connectivity index (χ4v) is 5.95. The van der Waals surface area contributed by atoms with E-state index in [9.17, 15) is 9.59 Å². The largest absolute Gasteiger partial charge is 0.423 e. The highest BCUT2D eigenvalue weighted by Gasteiger charge is 2.33. The van der Waals surface area contributed by atoms with Crippen molar-refractivity contribution in [2.45, 2.75) is 26.1 Å². The summed E-state index contributed by atoms with van der Waals surface area (Å²) in [6.07, 6.45) is 0.537. The van der Waals surface area contributed by atoms with Crippen molar-refractivity contribution in [2.24, 2.45) is 0 Å². The first-order chi connectivity index (χ1) is 15.9. The van der Waals surface area contributed by atoms with E-state index >= 15 is 0 Å². The Labute approximate surface area is 205 Å². The standard InChI is InChI=1S/C24H21Cl2N3O3S/c1-2-29-10-9-17-19(12-29)33-23-20(17)22(30)27-21(28-23)13-3-6-15(7-4-13)32-24(31)16-8-5-14(25)11-18(16)26/h3-8,11,21,28H,2,9-10,12H2,1H3,(H,27,30)/t21-/m1/s1. The number of nitrogens with one attached hydrogen (secondary N) is 2. The van der Waals surface area contributed by atoms with Crippen molar-refractivity contribution >= 4 is 51.4 Å². The second-order valence-corrected chi connectivity index (χ2v) is 9.91. The summed E-state index contributed by atoms with van der Waals surface area (Å²) in [4.78, 5) is 29.0. The lowest BCUT2D eigenvalue weighted by molar-refractivity contribution is 0.0734. The fourth-order valence-electron chi connectivity index (χ4n) is 4.15. The molecule has 2 N–H and O–H groups in total. The molecule has 1 amide bonds. The zero-order valence-corrected chi connectivity index (χ0v) is 20.1. The van der Waals surface area contributed by atoms with Gasteiger partial charge in [-0.3, -0.25) is 9.69 Å². The van der Waals surface area contributed by atoms with Crippen LogP contribution in [0.3, 0.4) is 0 Å². The Bertz CT molecular complexity index is 1240. The van der Waals surface area contributed by atoms with Crippen molar-refractivity contribution < 1.29 is 14.3 Å². The van der Waals surface area contributed by atoms with Crippen LogP contribution in [0.1, 0.15) is 49.8 Å². The Hall–Kier alpha value is -2.58. The molecule has 9 heteroatoms. The number of hydrogen-bond donors (Lipinski definition) is 2. The number of benzene rings is 2. The van der Waals surface area contributed by atoms with E-state index in [0.29, 0.717) is 10.8 Å². The number of thiophene rings is 1. The first-order valence-electron chi connectivity index (χ1n) is 10.6. The fraction of sp³-hybridized carbons (Fsp3) is 0.250. The number of anilines is 1. The zero-order chi connectivity index (χ0) is 23.1. The number of amides is 1. The number of halogens is 2. The number of nitrogens with zero attached hydrogens (tertiary/aromatic N) is 1. The van der Waals surface area contributed by atoms with Crippen LogP contribution in [0.4, 0.5) is 5.00 Å². The lowest BCUT2D eigenvalue weighted by atomic mass is 10.0. The van der Waals surface area contributed by atoms with Gasteiger partial charge >= 0.3 is 5.97 Å². The van der Waals surface area contributed by atoms with Gasteiger partial charge in [-0.05, 0) is 54.4 Å². The highest BCUT2D eigenvalue weighted by atomic mass is 35.5. The highest BCUT2D eigenvalue weighted by Crippen LogP contribution is 2.40. The molecule has 0 spiro atoms. The SMILES string of the molecule is CCN1CCc2c(sc3c2C(=O)N[C@@H](c2ccc(OC(=O)c4ccc(Cl)cc4Cl)cc2)N3)C1. The maximum Gasteiger partial charge on any atom is 0.345 e. The van der Waals surface area contributed by atoms with Gasteiger partial charge in [0.25, 0.3) is 5.91 Å². The van der Waals surface area contributed by atoms with E-state index < -0.39 is 5.97 Å². The molecule has 33 heavy (non-hydrogen) atoms. The minimum Gasteiger partial charge on any atom is -0.423 e. The summed E-state index contributed by atoms with van der Waals surface area (Å²) in [6.45, 7) is 5.03. The normalized spacial score (nSPS) is 17.5. The maximum atomic E-state index is 12.9. The molecule has 0 fully saturated rings. The highest BCUT2D eigenvalue weighted by molar-refractivity contribution is 7.16. The molecule has 2 aromatic carbocycles. The number of likely N-dealkylation sites (N-methyl/N-ethyl adjacent to an activating group) is 1. The molecule has 0 unspecified atom stereocenters. The maximum absolute atomic E-state index is 12.9. The van der Waals surface area contributed by atoms with Gasteiger partial charge in [0, 0.05) is 23.0 Å². The summed E-state index contributed by atoms with van der Waals surface area (Å²) in [5.41, 5.74) is 3.06. The van der Waals surface area contributed by atoms with E-state index in [1.165, 1.54) is 22.6 Å². The van der Waals surface area contributed by atoms with Crippen LogP contribution in [-0.4, -0.2) is 29.9 Å². The van der Waals surface area contributed by atoms with E-state index in [2.05, 4.69) is 22.5 Å². The molecule has 1 aromatic heterocycles. The van der Waals surface area contributed by atoms with Gasteiger partial charge in [-0.2, -0.15) is 0 Å². The van der Waals surface area contributed by atoms with Crippen LogP contribution in [0.25, 0.3) is 0 Å². The van der Waals surface area contributed by atoms with Crippen molar-refractivity contribution in [3.8, 4) is 5.75 Å². The van der Waals surface area contributed by atoms with E-state index in [1.807, 2.05) is 12.1 Å². The van der Waals surface area contributed by atoms with Gasteiger partial charge in [0.05, 0.1) is 16.1 Å². The van der Waals surface area contributed by atoms with Crippen molar-refractivity contribution in [1.82, 2.24) is 10.2 Å². The van der Waals surface area contributed by atoms with Crippen LogP contribution in [0, 0.1) is 0 Å². The summed E-state index contributed by atoms with van der Waals surface area (Å²) in [5.74, 6) is -0.239. The van der Waals surface area contributed by atoms with Crippen molar-refractivity contribution in [2.75, 3.05) is 18.4 Å². The Morgan fingerprint density at radius 1 is 1.18 bits per heavy atom. The molecule has 2 aliphatic rings. The van der Waals surface area contributed by atoms with Crippen LogP contribution in [0.15, 0.2) is 42.5 Å². The van der Waals surface area contributed by atoms with Crippen LogP contribution in [-0.2, 0) is 13.0 Å². The summed E-state index contributed by atoms with van der Waals surface area (Å²) in [7, 11) is 0. The van der Waals surface area contributed by atoms with Gasteiger partial charge in [-0.1, -0.05) is 42.3 Å². The third-order valence-electron chi connectivity index (χ3n) is 5.94. The lowest BCUT2D eigenvalue weighted by Gasteiger charge is -2.28. The van der Waals surface area contributed by atoms with Crippen LogP contribution < -0.4 is 15.4 Å². The van der Waals surface area contributed by atoms with E-state index in [0.717, 1.165) is 42.2 Å². The molecule has 0 saturated carbocycles. The summed E-state index contributed by atoms with van der Waals surface area (Å²) in [5, 5.41) is 8.11. The van der Waals surface area contributed by atoms with Gasteiger partial charge in [0.2, 0.25) is 0 Å². The van der Waals surface area contributed by atoms with Crippen molar-refractivity contribution in [3.05, 3.63) is 79.6 Å². The lowest BCUT2D eigenvalue weighted by Crippen LogP contribution is -2.38. The number of carbonyl (C=O) groups excluding carboxylic acids is 2. The van der Waals surface area contributed by atoms with Crippen LogP contribution >= 0.6 is 34.5 Å². The predicted molar refractivity (Wildman–Crippen MR) is 131 cm³/mol. The molecular formula is C24H21Cl2N3O3S. The van der Waals surface area contributed by atoms with Gasteiger partial charge in [-0.25, -0.2) is 4.79 Å². The molecule has 5 rings (SSSR count). The monoisotopic (exact) mass is 501 g/mol. The molecular weight excluding hydrogens is 481 g/mol. The van der Waals surface area contributed by atoms with Crippen molar-refractivity contribution in [1.29, 1.82) is 0 Å². The second kappa shape index (κ2) is 8.99. The molecule has 6 nitrogen and oxygen atoms in total. The van der Waals surface area contributed by atoms with Gasteiger partial charge < -0.3 is 15.4 Å². The van der Waals surface area contributed by atoms with Gasteiger partial charge in [0.1, 0.15) is 16.9 Å². The molecule has 0 bridgehead atoms. The van der Waals surface area contributed by atoms with E-state index in [4.69, 9.17) is 27.9 Å². The first-order valence-corrected chi connectivity index (χ1v) is 12.2. The first kappa shape index (κ1) is 22.2. The molecule has 0 aliphatic carbocycles. The summed E-state index contributed by atoms with van der Waals surface area (Å²) >= 11 is 13.6. The summed E-state index contributed by atoms with van der Waals surface area (Å²) < 4.78 is 5.44. The van der Waals surface area contributed by atoms with E-state index in [-0.39, 0.29) is 22.7 Å². The number of fused-ring (bicyclic) bond motifs is 3. The number of ether oxygens (including phenoxy) is 1. The average molecular weight is 502 g/mol. The molecule has 3 heterocycles. The van der Waals surface area contributed by atoms with Gasteiger partial charge in [0.15, 0.2) is 0 Å². The third-order valence-corrected chi connectivity index (χ3v) is 7.63. The van der Waals surface area contributed by atoms with Crippen molar-refractivity contribution in [3.63, 3.8) is 0 Å². The minimum absolute atomic E-state index is 0.0518.